The van der Waals surface area contributed by atoms with Gasteiger partial charge in [0.25, 0.3) is 5.56 Å². The van der Waals surface area contributed by atoms with E-state index in [1.807, 2.05) is 24.3 Å². The summed E-state index contributed by atoms with van der Waals surface area (Å²) in [5.41, 5.74) is 3.78. The van der Waals surface area contributed by atoms with Crippen LogP contribution in [0.1, 0.15) is 11.3 Å². The van der Waals surface area contributed by atoms with Gasteiger partial charge >= 0.3 is 0 Å². The predicted molar refractivity (Wildman–Crippen MR) is 121 cm³/mol. The van der Waals surface area contributed by atoms with Gasteiger partial charge in [-0.15, -0.1) is 0 Å². The summed E-state index contributed by atoms with van der Waals surface area (Å²) >= 11 is 0. The SMILES string of the molecule is Cc1nc2c(cc(CN3CCN(C4=C(F)N(C)CC=C4)CC3)c3ccccc32)[nH]c1=O. The summed E-state index contributed by atoms with van der Waals surface area (Å²) in [6.07, 6.45) is 3.90. The van der Waals surface area contributed by atoms with Crippen molar-refractivity contribution in [3.05, 3.63) is 75.7 Å². The molecule has 6 nitrogen and oxygen atoms in total. The second-order valence-corrected chi connectivity index (χ2v) is 8.35. The lowest BCUT2D eigenvalue weighted by Crippen LogP contribution is -2.46. The fourth-order valence-corrected chi connectivity index (χ4v) is 4.50. The van der Waals surface area contributed by atoms with Crippen LogP contribution in [0.15, 0.2) is 58.9 Å². The molecule has 0 atom stereocenters. The van der Waals surface area contributed by atoms with Crippen LogP contribution in [0.5, 0.6) is 0 Å². The molecule has 1 fully saturated rings. The number of aromatic nitrogens is 2. The topological polar surface area (TPSA) is 55.5 Å². The van der Waals surface area contributed by atoms with Crippen molar-refractivity contribution in [2.24, 2.45) is 0 Å². The van der Waals surface area contributed by atoms with E-state index in [4.69, 9.17) is 0 Å². The average Bonchev–Trinajstić information content (AvgIpc) is 2.78. The van der Waals surface area contributed by atoms with Crippen LogP contribution in [0.3, 0.4) is 0 Å². The summed E-state index contributed by atoms with van der Waals surface area (Å²) in [7, 11) is 1.78. The Morgan fingerprint density at radius 1 is 1.13 bits per heavy atom. The minimum absolute atomic E-state index is 0.150. The van der Waals surface area contributed by atoms with Gasteiger partial charge in [-0.1, -0.05) is 30.3 Å². The van der Waals surface area contributed by atoms with Crippen molar-refractivity contribution in [1.82, 2.24) is 24.7 Å². The first-order valence-electron chi connectivity index (χ1n) is 10.7. The lowest BCUT2D eigenvalue weighted by Gasteiger charge is -2.38. The van der Waals surface area contributed by atoms with Crippen LogP contribution in [0.4, 0.5) is 4.39 Å². The number of fused-ring (bicyclic) bond motifs is 3. The van der Waals surface area contributed by atoms with Gasteiger partial charge in [0, 0.05) is 51.7 Å². The molecule has 0 unspecified atom stereocenters. The van der Waals surface area contributed by atoms with Crippen LogP contribution in [-0.4, -0.2) is 64.4 Å². The van der Waals surface area contributed by atoms with Crippen LogP contribution < -0.4 is 5.56 Å². The lowest BCUT2D eigenvalue weighted by molar-refractivity contribution is 0.148. The Morgan fingerprint density at radius 3 is 2.65 bits per heavy atom. The predicted octanol–water partition coefficient (Wildman–Crippen LogP) is 3.14. The minimum atomic E-state index is -0.150. The fourth-order valence-electron chi connectivity index (χ4n) is 4.50. The van der Waals surface area contributed by atoms with Crippen molar-refractivity contribution in [3.63, 3.8) is 0 Å². The number of piperazine rings is 1. The van der Waals surface area contributed by atoms with E-state index in [1.165, 1.54) is 5.56 Å². The van der Waals surface area contributed by atoms with Crippen LogP contribution in [0.2, 0.25) is 0 Å². The van der Waals surface area contributed by atoms with E-state index in [1.54, 1.807) is 18.9 Å². The van der Waals surface area contributed by atoms with E-state index in [9.17, 15) is 9.18 Å². The van der Waals surface area contributed by atoms with Crippen LogP contribution in [0, 0.1) is 6.92 Å². The third-order valence-corrected chi connectivity index (χ3v) is 6.27. The molecular weight excluding hydrogens is 393 g/mol. The number of rotatable bonds is 3. The average molecular weight is 420 g/mol. The second kappa shape index (κ2) is 7.81. The molecule has 0 radical (unpaired) electrons. The van der Waals surface area contributed by atoms with Crippen LogP contribution in [-0.2, 0) is 6.54 Å². The molecule has 0 amide bonds. The van der Waals surface area contributed by atoms with Crippen molar-refractivity contribution in [1.29, 1.82) is 0 Å². The zero-order chi connectivity index (χ0) is 21.5. The van der Waals surface area contributed by atoms with E-state index in [0.717, 1.165) is 54.5 Å². The molecular formula is C24H26FN5O. The highest BCUT2D eigenvalue weighted by atomic mass is 19.1. The third kappa shape index (κ3) is 3.59. The first-order valence-corrected chi connectivity index (χ1v) is 10.7. The van der Waals surface area contributed by atoms with E-state index in [-0.39, 0.29) is 11.5 Å². The number of aryl methyl sites for hydroxylation is 1. The molecule has 0 aliphatic carbocycles. The Kier molecular flexibility index (Phi) is 4.98. The van der Waals surface area contributed by atoms with Gasteiger partial charge in [-0.25, -0.2) is 4.98 Å². The monoisotopic (exact) mass is 419 g/mol. The van der Waals surface area contributed by atoms with Gasteiger partial charge in [-0.3, -0.25) is 9.69 Å². The van der Waals surface area contributed by atoms with Gasteiger partial charge < -0.3 is 14.8 Å². The molecule has 0 spiro atoms. The van der Waals surface area contributed by atoms with E-state index < -0.39 is 0 Å². The van der Waals surface area contributed by atoms with Crippen molar-refractivity contribution in [2.75, 3.05) is 39.8 Å². The van der Waals surface area contributed by atoms with Crippen molar-refractivity contribution < 1.29 is 4.39 Å². The van der Waals surface area contributed by atoms with Gasteiger partial charge in [0.1, 0.15) is 5.69 Å². The molecule has 1 N–H and O–H groups in total. The zero-order valence-electron chi connectivity index (χ0n) is 17.9. The third-order valence-electron chi connectivity index (χ3n) is 6.27. The highest BCUT2D eigenvalue weighted by Crippen LogP contribution is 2.28. The molecule has 2 aliphatic heterocycles. The first-order chi connectivity index (χ1) is 15.0. The second-order valence-electron chi connectivity index (χ2n) is 8.35. The molecule has 3 aromatic rings. The van der Waals surface area contributed by atoms with Gasteiger partial charge in [0.15, 0.2) is 0 Å². The van der Waals surface area contributed by atoms with Crippen LogP contribution >= 0.6 is 0 Å². The Balaban J connectivity index is 1.41. The quantitative estimate of drug-likeness (QED) is 0.522. The maximum Gasteiger partial charge on any atom is 0.269 e. The number of hydrogen-bond donors (Lipinski definition) is 1. The Labute approximate surface area is 180 Å². The molecule has 5 rings (SSSR count). The highest BCUT2D eigenvalue weighted by Gasteiger charge is 2.23. The standard InChI is InChI=1S/C24H26FN5O/c1-16-24(31)27-20-14-17(18-6-3-4-7-19(18)22(20)26-16)15-29-10-12-30(13-11-29)21-8-5-9-28(2)23(21)25/h3-8,14H,9-13,15H2,1-2H3,(H,27,31). The number of nitrogens with one attached hydrogen (secondary N) is 1. The summed E-state index contributed by atoms with van der Waals surface area (Å²) in [4.78, 5) is 25.8. The van der Waals surface area contributed by atoms with Gasteiger partial charge in [-0.2, -0.15) is 4.39 Å². The molecule has 2 aromatic carbocycles. The van der Waals surface area contributed by atoms with E-state index in [2.05, 4.69) is 38.0 Å². The summed E-state index contributed by atoms with van der Waals surface area (Å²) in [5, 5.41) is 2.21. The summed E-state index contributed by atoms with van der Waals surface area (Å²) < 4.78 is 14.5. The number of allylic oxidation sites excluding steroid dienone is 1. The smallest absolute Gasteiger partial charge is 0.269 e. The summed E-state index contributed by atoms with van der Waals surface area (Å²) in [6, 6.07) is 10.3. The van der Waals surface area contributed by atoms with Crippen molar-refractivity contribution in [2.45, 2.75) is 13.5 Å². The molecule has 7 heteroatoms. The van der Waals surface area contributed by atoms with E-state index >= 15 is 0 Å². The lowest BCUT2D eigenvalue weighted by atomic mass is 10.0. The maximum absolute atomic E-state index is 14.5. The molecule has 3 heterocycles. The number of nitrogens with zero attached hydrogens (tertiary/aromatic N) is 4. The molecule has 1 aromatic heterocycles. The summed E-state index contributed by atoms with van der Waals surface area (Å²) in [6.45, 7) is 6.39. The van der Waals surface area contributed by atoms with Crippen LogP contribution in [0.25, 0.3) is 21.8 Å². The normalized spacial score (nSPS) is 17.9. The molecule has 0 saturated carbocycles. The van der Waals surface area contributed by atoms with Crippen molar-refractivity contribution in [3.8, 4) is 0 Å². The molecule has 1 saturated heterocycles. The number of hydrogen-bond acceptors (Lipinski definition) is 5. The molecule has 2 aliphatic rings. The Morgan fingerprint density at radius 2 is 1.87 bits per heavy atom. The number of likely N-dealkylation sites (N-methyl/N-ethyl adjacent to an activating group) is 1. The van der Waals surface area contributed by atoms with E-state index in [0.29, 0.717) is 17.9 Å². The molecule has 31 heavy (non-hydrogen) atoms. The molecule has 0 bridgehead atoms. The summed E-state index contributed by atoms with van der Waals surface area (Å²) in [5.74, 6) is -0.150. The maximum atomic E-state index is 14.5. The first kappa shape index (κ1) is 19.8. The zero-order valence-corrected chi connectivity index (χ0v) is 17.9. The minimum Gasteiger partial charge on any atom is -0.365 e. The van der Waals surface area contributed by atoms with Gasteiger partial charge in [0.2, 0.25) is 5.95 Å². The van der Waals surface area contributed by atoms with Gasteiger partial charge in [-0.05, 0) is 30.0 Å². The molecule has 160 valence electrons. The van der Waals surface area contributed by atoms with Crippen molar-refractivity contribution >= 4 is 21.8 Å². The number of aromatic amines is 1. The van der Waals surface area contributed by atoms with Gasteiger partial charge in [0.05, 0.1) is 16.7 Å². The Bertz CT molecular complexity index is 1270. The number of halogens is 1. The Hall–Kier alpha value is -3.19. The largest absolute Gasteiger partial charge is 0.365 e. The fraction of sp³-hybridized carbons (Fsp3) is 0.333. The number of H-pyrrole nitrogens is 1. The number of benzene rings is 2. The highest BCUT2D eigenvalue weighted by molar-refractivity contribution is 6.05.